The van der Waals surface area contributed by atoms with E-state index in [4.69, 9.17) is 0 Å². The molecule has 0 unspecified atom stereocenters. The largest absolute Gasteiger partial charge is 0.316 e. The maximum absolute atomic E-state index is 11.2. The lowest BCUT2D eigenvalue weighted by Crippen LogP contribution is -2.52. The van der Waals surface area contributed by atoms with E-state index in [-0.39, 0.29) is 0 Å². The van der Waals surface area contributed by atoms with Gasteiger partial charge in [-0.3, -0.25) is 9.59 Å². The summed E-state index contributed by atoms with van der Waals surface area (Å²) in [4.78, 5) is 24.9. The first kappa shape index (κ1) is 8.04. The summed E-state index contributed by atoms with van der Waals surface area (Å²) in [6.07, 6.45) is 5.75. The highest BCUT2D eigenvalue weighted by molar-refractivity contribution is 5.32. The van der Waals surface area contributed by atoms with Gasteiger partial charge in [0.15, 0.2) is 0 Å². The Bertz CT molecular complexity index is 563. The van der Waals surface area contributed by atoms with Gasteiger partial charge in [-0.25, -0.2) is 0 Å². The van der Waals surface area contributed by atoms with Crippen LogP contribution in [0.15, 0.2) is 9.59 Å². The van der Waals surface area contributed by atoms with Gasteiger partial charge in [-0.1, -0.05) is 12.2 Å². The van der Waals surface area contributed by atoms with Gasteiger partial charge in [0, 0.05) is 7.05 Å². The van der Waals surface area contributed by atoms with Crippen LogP contribution in [-0.4, -0.2) is 9.55 Å². The Morgan fingerprint density at radius 2 is 2.00 bits per heavy atom. The number of H-pyrrole nitrogens is 1. The minimum atomic E-state index is -0.548. The van der Waals surface area contributed by atoms with E-state index in [0.717, 1.165) is 23.5 Å². The number of fused-ring (bicyclic) bond motifs is 1. The second-order valence-corrected chi connectivity index (χ2v) is 3.10. The van der Waals surface area contributed by atoms with Gasteiger partial charge in [-0.2, -0.15) is 0 Å². The monoisotopic (exact) mass is 178 g/mol. The maximum atomic E-state index is 11.2. The van der Waals surface area contributed by atoms with Crippen molar-refractivity contribution >= 4 is 12.2 Å². The SMILES string of the molecule is Cn1c(=O)c(=O)[nH]c2c1=CCCC=2. The summed E-state index contributed by atoms with van der Waals surface area (Å²) >= 11 is 0. The Balaban J connectivity index is 3.10. The Morgan fingerprint density at radius 3 is 2.77 bits per heavy atom. The molecule has 0 spiro atoms. The van der Waals surface area contributed by atoms with Crippen LogP contribution in [0.1, 0.15) is 12.8 Å². The quantitative estimate of drug-likeness (QED) is 0.488. The van der Waals surface area contributed by atoms with Crippen molar-refractivity contribution in [2.24, 2.45) is 7.05 Å². The molecule has 1 N–H and O–H groups in total. The molecule has 68 valence electrons. The van der Waals surface area contributed by atoms with E-state index in [2.05, 4.69) is 4.98 Å². The molecule has 1 aliphatic rings. The number of rotatable bonds is 0. The molecule has 0 atom stereocenters. The van der Waals surface area contributed by atoms with E-state index in [9.17, 15) is 9.59 Å². The van der Waals surface area contributed by atoms with Gasteiger partial charge < -0.3 is 9.55 Å². The average Bonchev–Trinajstić information content (AvgIpc) is 2.15. The Morgan fingerprint density at radius 1 is 1.31 bits per heavy atom. The van der Waals surface area contributed by atoms with Gasteiger partial charge in [0.1, 0.15) is 0 Å². The molecule has 4 nitrogen and oxygen atoms in total. The van der Waals surface area contributed by atoms with E-state index in [1.807, 2.05) is 12.2 Å². The smallest absolute Gasteiger partial charge is 0.316 e. The molecular weight excluding hydrogens is 168 g/mol. The second-order valence-electron chi connectivity index (χ2n) is 3.10. The lowest BCUT2D eigenvalue weighted by molar-refractivity contribution is 0.766. The molecule has 0 aromatic carbocycles. The van der Waals surface area contributed by atoms with Crippen molar-refractivity contribution in [3.8, 4) is 0 Å². The molecule has 1 aromatic rings. The number of hydrogen-bond acceptors (Lipinski definition) is 2. The van der Waals surface area contributed by atoms with Crippen molar-refractivity contribution in [3.63, 3.8) is 0 Å². The molecule has 1 aromatic heterocycles. The lowest BCUT2D eigenvalue weighted by atomic mass is 10.2. The lowest BCUT2D eigenvalue weighted by Gasteiger charge is -2.03. The van der Waals surface area contributed by atoms with Crippen LogP contribution < -0.4 is 21.8 Å². The molecule has 0 aliphatic heterocycles. The van der Waals surface area contributed by atoms with Crippen molar-refractivity contribution in [1.82, 2.24) is 9.55 Å². The highest BCUT2D eigenvalue weighted by atomic mass is 16.2. The molecule has 13 heavy (non-hydrogen) atoms. The molecule has 0 bridgehead atoms. The number of nitrogens with one attached hydrogen (secondary N) is 1. The van der Waals surface area contributed by atoms with Crippen LogP contribution in [0.25, 0.3) is 12.2 Å². The van der Waals surface area contributed by atoms with E-state index in [1.54, 1.807) is 7.05 Å². The number of hydrogen-bond donors (Lipinski definition) is 1. The molecule has 4 heteroatoms. The topological polar surface area (TPSA) is 54.9 Å². The predicted molar refractivity (Wildman–Crippen MR) is 49.7 cm³/mol. The van der Waals surface area contributed by atoms with Gasteiger partial charge in [-0.05, 0) is 12.8 Å². The number of aromatic amines is 1. The van der Waals surface area contributed by atoms with E-state index in [1.165, 1.54) is 4.57 Å². The van der Waals surface area contributed by atoms with Crippen molar-refractivity contribution in [3.05, 3.63) is 31.4 Å². The predicted octanol–water partition coefficient (Wildman–Crippen LogP) is -1.57. The van der Waals surface area contributed by atoms with Gasteiger partial charge in [0.2, 0.25) is 0 Å². The van der Waals surface area contributed by atoms with E-state index < -0.39 is 11.1 Å². The fourth-order valence-electron chi connectivity index (χ4n) is 1.53. The Kier molecular flexibility index (Phi) is 1.69. The van der Waals surface area contributed by atoms with Crippen LogP contribution in [0, 0.1) is 0 Å². The summed E-state index contributed by atoms with van der Waals surface area (Å²) in [6, 6.07) is 0. The molecule has 1 aliphatic carbocycles. The normalized spacial score (nSPS) is 14.2. The highest BCUT2D eigenvalue weighted by Gasteiger charge is 2.01. The van der Waals surface area contributed by atoms with Crippen LogP contribution in [0.4, 0.5) is 0 Å². The zero-order chi connectivity index (χ0) is 9.42. The van der Waals surface area contributed by atoms with Crippen molar-refractivity contribution < 1.29 is 0 Å². The van der Waals surface area contributed by atoms with Crippen molar-refractivity contribution in [1.29, 1.82) is 0 Å². The van der Waals surface area contributed by atoms with Crippen molar-refractivity contribution in [2.75, 3.05) is 0 Å². The van der Waals surface area contributed by atoms with Crippen molar-refractivity contribution in [2.45, 2.75) is 12.8 Å². The zero-order valence-corrected chi connectivity index (χ0v) is 7.33. The van der Waals surface area contributed by atoms with Gasteiger partial charge in [-0.15, -0.1) is 0 Å². The third-order valence-electron chi connectivity index (χ3n) is 2.24. The van der Waals surface area contributed by atoms with Gasteiger partial charge >= 0.3 is 11.1 Å². The summed E-state index contributed by atoms with van der Waals surface area (Å²) in [5.74, 6) is 0. The fraction of sp³-hybridized carbons (Fsp3) is 0.333. The van der Waals surface area contributed by atoms with Crippen LogP contribution >= 0.6 is 0 Å². The third kappa shape index (κ3) is 1.14. The molecule has 0 saturated heterocycles. The van der Waals surface area contributed by atoms with Crippen LogP contribution in [0.5, 0.6) is 0 Å². The molecule has 2 rings (SSSR count). The molecular formula is C9H10N2O2. The van der Waals surface area contributed by atoms with Crippen LogP contribution in [0.2, 0.25) is 0 Å². The average molecular weight is 178 g/mol. The molecule has 0 amide bonds. The molecule has 1 heterocycles. The maximum Gasteiger partial charge on any atom is 0.316 e. The Hall–Kier alpha value is -1.58. The minimum Gasteiger partial charge on any atom is -0.316 e. The standard InChI is InChI=1S/C9H10N2O2/c1-11-7-5-3-2-4-6(7)10-8(12)9(11)13/h4-5H,2-3H2,1H3,(H,10,12). The molecule has 0 radical (unpaired) electrons. The Labute approximate surface area is 73.8 Å². The number of aromatic nitrogens is 2. The summed E-state index contributed by atoms with van der Waals surface area (Å²) in [5.41, 5.74) is -1.04. The number of nitrogens with zero attached hydrogens (tertiary/aromatic N) is 1. The van der Waals surface area contributed by atoms with Crippen LogP contribution in [0.3, 0.4) is 0 Å². The fourth-order valence-corrected chi connectivity index (χ4v) is 1.53. The third-order valence-corrected chi connectivity index (χ3v) is 2.24. The summed E-state index contributed by atoms with van der Waals surface area (Å²) in [6.45, 7) is 0. The zero-order valence-electron chi connectivity index (χ0n) is 7.33. The van der Waals surface area contributed by atoms with Crippen LogP contribution in [-0.2, 0) is 7.05 Å². The highest BCUT2D eigenvalue weighted by Crippen LogP contribution is 1.91. The first-order chi connectivity index (χ1) is 6.20. The molecule has 0 saturated carbocycles. The molecule has 0 fully saturated rings. The minimum absolute atomic E-state index is 0.495. The summed E-state index contributed by atoms with van der Waals surface area (Å²) in [5, 5.41) is 1.58. The first-order valence-corrected chi connectivity index (χ1v) is 4.20. The van der Waals surface area contributed by atoms with E-state index in [0.29, 0.717) is 0 Å². The first-order valence-electron chi connectivity index (χ1n) is 4.20. The summed E-state index contributed by atoms with van der Waals surface area (Å²) in [7, 11) is 1.62. The van der Waals surface area contributed by atoms with Gasteiger partial charge in [0.05, 0.1) is 10.7 Å². The van der Waals surface area contributed by atoms with E-state index >= 15 is 0 Å². The van der Waals surface area contributed by atoms with Gasteiger partial charge in [0.25, 0.3) is 0 Å². The second kappa shape index (κ2) is 2.73. The summed E-state index contributed by atoms with van der Waals surface area (Å²) < 4.78 is 1.39.